The van der Waals surface area contributed by atoms with E-state index in [0.29, 0.717) is 25.9 Å². The smallest absolute Gasteiger partial charge is 0.407 e. The number of alkyl carbamates (subject to hydrolysis) is 2. The Balaban J connectivity index is 1.23. The van der Waals surface area contributed by atoms with Gasteiger partial charge in [0.15, 0.2) is 0 Å². The maximum Gasteiger partial charge on any atom is 0.407 e. The molecule has 0 spiro atoms. The minimum Gasteiger partial charge on any atom is -0.445 e. The molecule has 10 heteroatoms. The molecular weight excluding hydrogens is 632 g/mol. The second kappa shape index (κ2) is 29.8. The Kier molecular flexibility index (Phi) is 25.1. The van der Waals surface area contributed by atoms with E-state index in [1.165, 1.54) is 38.5 Å². The summed E-state index contributed by atoms with van der Waals surface area (Å²) in [6.45, 7) is 3.12. The fourth-order valence-corrected chi connectivity index (χ4v) is 5.40. The summed E-state index contributed by atoms with van der Waals surface area (Å²) in [4.78, 5) is 47.6. The number of unbranched alkanes of at least 4 members (excludes halogenated alkanes) is 13. The predicted octanol–water partition coefficient (Wildman–Crippen LogP) is 8.09. The van der Waals surface area contributed by atoms with Crippen LogP contribution in [-0.4, -0.2) is 50.2 Å². The van der Waals surface area contributed by atoms with Crippen LogP contribution in [0.5, 0.6) is 0 Å². The molecule has 0 heterocycles. The molecular formula is C40H62N4O6. The van der Waals surface area contributed by atoms with Gasteiger partial charge in [0.25, 0.3) is 0 Å². The molecule has 50 heavy (non-hydrogen) atoms. The van der Waals surface area contributed by atoms with E-state index in [0.717, 1.165) is 88.4 Å². The van der Waals surface area contributed by atoms with Crippen molar-refractivity contribution in [3.8, 4) is 0 Å². The lowest BCUT2D eigenvalue weighted by Gasteiger charge is -2.08. The van der Waals surface area contributed by atoms with Crippen molar-refractivity contribution in [1.82, 2.24) is 21.3 Å². The number of hydrogen-bond acceptors (Lipinski definition) is 6. The van der Waals surface area contributed by atoms with Gasteiger partial charge in [-0.15, -0.1) is 0 Å². The number of hydrogen-bond donors (Lipinski definition) is 4. The fraction of sp³-hybridized carbons (Fsp3) is 0.600. The van der Waals surface area contributed by atoms with Gasteiger partial charge >= 0.3 is 12.2 Å². The summed E-state index contributed by atoms with van der Waals surface area (Å²) in [5, 5.41) is 11.6. The lowest BCUT2D eigenvalue weighted by Crippen LogP contribution is -2.25. The number of nitrogens with one attached hydrogen (secondary N) is 4. The molecule has 4 N–H and O–H groups in total. The monoisotopic (exact) mass is 694 g/mol. The van der Waals surface area contributed by atoms with Gasteiger partial charge in [0, 0.05) is 39.0 Å². The number of benzene rings is 2. The third-order valence-corrected chi connectivity index (χ3v) is 8.37. The van der Waals surface area contributed by atoms with Crippen LogP contribution in [0.1, 0.15) is 127 Å². The molecule has 4 amide bonds. The summed E-state index contributed by atoms with van der Waals surface area (Å²) in [6.07, 6.45) is 17.1. The zero-order valence-electron chi connectivity index (χ0n) is 30.2. The quantitative estimate of drug-likeness (QED) is 0.0636. The number of amides is 4. The summed E-state index contributed by atoms with van der Waals surface area (Å²) in [7, 11) is 0. The van der Waals surface area contributed by atoms with Gasteiger partial charge in [-0.1, -0.05) is 125 Å². The molecule has 0 bridgehead atoms. The number of rotatable bonds is 29. The molecule has 0 fully saturated rings. The molecule has 0 aliphatic carbocycles. The van der Waals surface area contributed by atoms with Gasteiger partial charge in [0.05, 0.1) is 0 Å². The van der Waals surface area contributed by atoms with Gasteiger partial charge < -0.3 is 30.7 Å². The Morgan fingerprint density at radius 2 is 0.680 bits per heavy atom. The third-order valence-electron chi connectivity index (χ3n) is 8.37. The molecule has 0 atom stereocenters. The average molecular weight is 695 g/mol. The number of carbonyl (C=O) groups excluding carboxylic acids is 4. The molecule has 10 nitrogen and oxygen atoms in total. The highest BCUT2D eigenvalue weighted by molar-refractivity contribution is 5.76. The Morgan fingerprint density at radius 3 is 1.04 bits per heavy atom. The van der Waals surface area contributed by atoms with Gasteiger partial charge in [-0.05, 0) is 49.7 Å². The maximum atomic E-state index is 12.0. The Bertz CT molecular complexity index is 1070. The predicted molar refractivity (Wildman–Crippen MR) is 198 cm³/mol. The Morgan fingerprint density at radius 1 is 0.380 bits per heavy atom. The van der Waals surface area contributed by atoms with Gasteiger partial charge in [-0.25, -0.2) is 9.59 Å². The van der Waals surface area contributed by atoms with Crippen molar-refractivity contribution in [1.29, 1.82) is 0 Å². The molecule has 0 aliphatic rings. The van der Waals surface area contributed by atoms with Crippen LogP contribution in [0.2, 0.25) is 0 Å². The Hall–Kier alpha value is -4.08. The molecule has 278 valence electrons. The van der Waals surface area contributed by atoms with Crippen molar-refractivity contribution in [2.75, 3.05) is 26.2 Å². The largest absolute Gasteiger partial charge is 0.445 e. The minimum absolute atomic E-state index is 0.111. The van der Waals surface area contributed by atoms with Crippen molar-refractivity contribution in [2.24, 2.45) is 0 Å². The molecule has 0 saturated heterocycles. The third kappa shape index (κ3) is 25.0. The molecule has 0 aromatic heterocycles. The van der Waals surface area contributed by atoms with E-state index in [-0.39, 0.29) is 25.0 Å². The summed E-state index contributed by atoms with van der Waals surface area (Å²) in [6, 6.07) is 19.2. The summed E-state index contributed by atoms with van der Waals surface area (Å²) in [5.74, 6) is 0.223. The normalized spacial score (nSPS) is 10.6. The number of ether oxygens (including phenoxy) is 2. The highest BCUT2D eigenvalue weighted by atomic mass is 16.6. The first kappa shape index (κ1) is 42.1. The second-order valence-electron chi connectivity index (χ2n) is 12.8. The van der Waals surface area contributed by atoms with Crippen LogP contribution in [-0.2, 0) is 32.3 Å². The lowest BCUT2D eigenvalue weighted by molar-refractivity contribution is -0.122. The Labute approximate surface area is 300 Å². The average Bonchev–Trinajstić information content (AvgIpc) is 3.13. The lowest BCUT2D eigenvalue weighted by atomic mass is 10.1. The second-order valence-corrected chi connectivity index (χ2v) is 12.8. The van der Waals surface area contributed by atoms with E-state index in [2.05, 4.69) is 21.3 Å². The summed E-state index contributed by atoms with van der Waals surface area (Å²) < 4.78 is 10.4. The number of carbonyl (C=O) groups is 4. The molecule has 2 aromatic rings. The van der Waals surface area contributed by atoms with Crippen molar-refractivity contribution in [3.05, 3.63) is 71.8 Å². The van der Waals surface area contributed by atoms with E-state index in [1.54, 1.807) is 0 Å². The first-order chi connectivity index (χ1) is 24.5. The first-order valence-electron chi connectivity index (χ1n) is 19.0. The van der Waals surface area contributed by atoms with Crippen LogP contribution >= 0.6 is 0 Å². The topological polar surface area (TPSA) is 135 Å². The van der Waals surface area contributed by atoms with Crippen LogP contribution in [0.25, 0.3) is 0 Å². The van der Waals surface area contributed by atoms with Crippen molar-refractivity contribution in [2.45, 2.75) is 129 Å². The SMILES string of the molecule is O=C(CCCCCNC(=O)OCc1ccccc1)NCCCCCCCCCCCCNC(=O)CCCCCNC(=O)OCc1ccccc1. The van der Waals surface area contributed by atoms with E-state index in [4.69, 9.17) is 9.47 Å². The van der Waals surface area contributed by atoms with E-state index >= 15 is 0 Å². The highest BCUT2D eigenvalue weighted by Crippen LogP contribution is 2.11. The standard InChI is InChI=1S/C40H62N4O6/c45-37(27-17-11-21-31-43-39(47)49-33-35-23-13-9-14-24-35)41-29-19-7-5-3-1-2-4-6-8-20-30-42-38(46)28-18-12-22-32-44-40(48)50-34-36-25-15-10-16-26-36/h9-10,13-16,23-26H,1-8,11-12,17-22,27-34H2,(H,41,45)(H,42,46)(H,43,47)(H,44,48). The zero-order chi connectivity index (χ0) is 35.7. The molecule has 0 saturated carbocycles. The van der Waals surface area contributed by atoms with Gasteiger partial charge in [0.2, 0.25) is 11.8 Å². The van der Waals surface area contributed by atoms with E-state index in [9.17, 15) is 19.2 Å². The van der Waals surface area contributed by atoms with Gasteiger partial charge in [-0.3, -0.25) is 9.59 Å². The highest BCUT2D eigenvalue weighted by Gasteiger charge is 2.05. The fourth-order valence-electron chi connectivity index (χ4n) is 5.40. The zero-order valence-corrected chi connectivity index (χ0v) is 30.2. The molecule has 2 rings (SSSR count). The van der Waals surface area contributed by atoms with Crippen LogP contribution in [0.3, 0.4) is 0 Å². The molecule has 0 aliphatic heterocycles. The van der Waals surface area contributed by atoms with Crippen LogP contribution in [0.4, 0.5) is 9.59 Å². The van der Waals surface area contributed by atoms with Crippen molar-refractivity contribution < 1.29 is 28.7 Å². The molecule has 2 aromatic carbocycles. The van der Waals surface area contributed by atoms with Crippen LogP contribution < -0.4 is 21.3 Å². The van der Waals surface area contributed by atoms with E-state index in [1.807, 2.05) is 60.7 Å². The van der Waals surface area contributed by atoms with Crippen LogP contribution in [0, 0.1) is 0 Å². The maximum absolute atomic E-state index is 12.0. The van der Waals surface area contributed by atoms with Crippen LogP contribution in [0.15, 0.2) is 60.7 Å². The van der Waals surface area contributed by atoms with E-state index < -0.39 is 12.2 Å². The first-order valence-corrected chi connectivity index (χ1v) is 19.0. The minimum atomic E-state index is -0.409. The van der Waals surface area contributed by atoms with Gasteiger partial charge in [-0.2, -0.15) is 0 Å². The molecule has 0 radical (unpaired) electrons. The summed E-state index contributed by atoms with van der Waals surface area (Å²) >= 11 is 0. The summed E-state index contributed by atoms with van der Waals surface area (Å²) in [5.41, 5.74) is 1.92. The van der Waals surface area contributed by atoms with Crippen molar-refractivity contribution in [3.63, 3.8) is 0 Å². The molecule has 0 unspecified atom stereocenters. The van der Waals surface area contributed by atoms with Gasteiger partial charge in [0.1, 0.15) is 13.2 Å². The van der Waals surface area contributed by atoms with Crippen molar-refractivity contribution >= 4 is 24.0 Å².